The summed E-state index contributed by atoms with van der Waals surface area (Å²) in [5, 5.41) is 0. The second kappa shape index (κ2) is 6.52. The van der Waals surface area contributed by atoms with Crippen LogP contribution in [0, 0.1) is 0 Å². The highest BCUT2D eigenvalue weighted by Gasteiger charge is 2.37. The van der Waals surface area contributed by atoms with Crippen LogP contribution < -0.4 is 0 Å². The van der Waals surface area contributed by atoms with Crippen LogP contribution in [0.1, 0.15) is 23.6 Å². The maximum Gasteiger partial charge on any atom is 0.133 e. The van der Waals surface area contributed by atoms with E-state index in [1.165, 1.54) is 11.1 Å². The van der Waals surface area contributed by atoms with Crippen molar-refractivity contribution < 1.29 is 0 Å². The molecular weight excluding hydrogens is 306 g/mol. The minimum Gasteiger partial charge on any atom is -0.349 e. The van der Waals surface area contributed by atoms with Gasteiger partial charge in [0, 0.05) is 31.0 Å². The molecule has 1 atom stereocenters. The summed E-state index contributed by atoms with van der Waals surface area (Å²) >= 11 is 0. The third-order valence-electron chi connectivity index (χ3n) is 4.68. The standard InChI is InChI=1S/C22H21N3/c1-22(20-12-6-3-7-13-20)17-25(16-18-9-4-2-5-10-18)21(24-22)19-11-8-14-23-15-19/h2-15H,16-17H2,1H3. The molecule has 124 valence electrons. The summed E-state index contributed by atoms with van der Waals surface area (Å²) in [4.78, 5) is 11.8. The summed E-state index contributed by atoms with van der Waals surface area (Å²) in [5.74, 6) is 1.02. The van der Waals surface area contributed by atoms with Gasteiger partial charge in [0.25, 0.3) is 0 Å². The summed E-state index contributed by atoms with van der Waals surface area (Å²) in [6, 6.07) is 25.2. The highest BCUT2D eigenvalue weighted by atomic mass is 15.3. The fraction of sp³-hybridized carbons (Fsp3) is 0.182. The van der Waals surface area contributed by atoms with Gasteiger partial charge in [-0.05, 0) is 30.2 Å². The number of nitrogens with zero attached hydrogens (tertiary/aromatic N) is 3. The molecule has 3 nitrogen and oxygen atoms in total. The van der Waals surface area contributed by atoms with E-state index in [1.807, 2.05) is 12.3 Å². The molecule has 0 N–H and O–H groups in total. The zero-order chi connectivity index (χ0) is 17.1. The number of hydrogen-bond donors (Lipinski definition) is 0. The van der Waals surface area contributed by atoms with Crippen molar-refractivity contribution in [1.29, 1.82) is 0 Å². The van der Waals surface area contributed by atoms with Gasteiger partial charge in [0.05, 0.1) is 0 Å². The maximum absolute atomic E-state index is 5.14. The van der Waals surface area contributed by atoms with Crippen LogP contribution >= 0.6 is 0 Å². The summed E-state index contributed by atoms with van der Waals surface area (Å²) in [7, 11) is 0. The Hall–Kier alpha value is -2.94. The Morgan fingerprint density at radius 1 is 0.920 bits per heavy atom. The van der Waals surface area contributed by atoms with Crippen LogP contribution in [0.2, 0.25) is 0 Å². The molecule has 0 spiro atoms. The number of pyridine rings is 1. The van der Waals surface area contributed by atoms with Crippen LogP contribution in [0.15, 0.2) is 90.2 Å². The van der Waals surface area contributed by atoms with Crippen LogP contribution in [0.3, 0.4) is 0 Å². The molecule has 1 aliphatic heterocycles. The van der Waals surface area contributed by atoms with E-state index in [-0.39, 0.29) is 5.54 Å². The van der Waals surface area contributed by atoms with Crippen molar-refractivity contribution in [3.63, 3.8) is 0 Å². The maximum atomic E-state index is 5.14. The molecule has 1 aliphatic rings. The number of aliphatic imine (C=N–C) groups is 1. The monoisotopic (exact) mass is 327 g/mol. The third kappa shape index (κ3) is 3.18. The molecule has 1 aromatic heterocycles. The van der Waals surface area contributed by atoms with Crippen molar-refractivity contribution in [2.45, 2.75) is 19.0 Å². The van der Waals surface area contributed by atoms with Gasteiger partial charge in [-0.1, -0.05) is 60.7 Å². The first-order valence-corrected chi connectivity index (χ1v) is 8.59. The predicted molar refractivity (Wildman–Crippen MR) is 101 cm³/mol. The minimum atomic E-state index is -0.249. The average molecular weight is 327 g/mol. The fourth-order valence-corrected chi connectivity index (χ4v) is 3.42. The van der Waals surface area contributed by atoms with E-state index in [0.29, 0.717) is 0 Å². The molecule has 3 aromatic rings. The number of hydrogen-bond acceptors (Lipinski definition) is 3. The molecule has 25 heavy (non-hydrogen) atoms. The van der Waals surface area contributed by atoms with E-state index in [9.17, 15) is 0 Å². The molecule has 0 aliphatic carbocycles. The van der Waals surface area contributed by atoms with Gasteiger partial charge in [0.2, 0.25) is 0 Å². The Balaban J connectivity index is 1.72. The van der Waals surface area contributed by atoms with Gasteiger partial charge < -0.3 is 4.90 Å². The van der Waals surface area contributed by atoms with Gasteiger partial charge in [-0.2, -0.15) is 0 Å². The first-order valence-electron chi connectivity index (χ1n) is 8.59. The number of rotatable bonds is 4. The van der Waals surface area contributed by atoms with Crippen molar-refractivity contribution in [1.82, 2.24) is 9.88 Å². The van der Waals surface area contributed by atoms with Crippen molar-refractivity contribution in [3.8, 4) is 0 Å². The Morgan fingerprint density at radius 3 is 2.32 bits per heavy atom. The lowest BCUT2D eigenvalue weighted by molar-refractivity contribution is 0.358. The van der Waals surface area contributed by atoms with Crippen molar-refractivity contribution in [2.24, 2.45) is 4.99 Å². The number of benzene rings is 2. The van der Waals surface area contributed by atoms with Gasteiger partial charge in [0.15, 0.2) is 0 Å². The topological polar surface area (TPSA) is 28.5 Å². The lowest BCUT2D eigenvalue weighted by Crippen LogP contribution is -2.32. The van der Waals surface area contributed by atoms with E-state index in [4.69, 9.17) is 4.99 Å². The van der Waals surface area contributed by atoms with E-state index in [2.05, 4.69) is 83.5 Å². The average Bonchev–Trinajstić information content (AvgIpc) is 3.02. The Labute approximate surface area is 148 Å². The van der Waals surface area contributed by atoms with Crippen LogP contribution in [0.25, 0.3) is 0 Å². The quantitative estimate of drug-likeness (QED) is 0.716. The molecule has 0 amide bonds. The summed E-state index contributed by atoms with van der Waals surface area (Å²) < 4.78 is 0. The zero-order valence-corrected chi connectivity index (χ0v) is 14.3. The molecule has 2 heterocycles. The lowest BCUT2D eigenvalue weighted by Gasteiger charge is -2.25. The third-order valence-corrected chi connectivity index (χ3v) is 4.68. The molecule has 0 fully saturated rings. The Bertz CT molecular complexity index is 860. The molecule has 4 rings (SSSR count). The van der Waals surface area contributed by atoms with Gasteiger partial charge in [-0.3, -0.25) is 9.98 Å². The van der Waals surface area contributed by atoms with Gasteiger partial charge in [-0.15, -0.1) is 0 Å². The van der Waals surface area contributed by atoms with Crippen LogP contribution in [0.5, 0.6) is 0 Å². The second-order valence-electron chi connectivity index (χ2n) is 6.66. The van der Waals surface area contributed by atoms with E-state index in [1.54, 1.807) is 6.20 Å². The Morgan fingerprint density at radius 2 is 1.64 bits per heavy atom. The van der Waals surface area contributed by atoms with Crippen LogP contribution in [-0.2, 0) is 12.1 Å². The first kappa shape index (κ1) is 15.6. The molecule has 3 heteroatoms. The first-order chi connectivity index (χ1) is 12.2. The van der Waals surface area contributed by atoms with E-state index < -0.39 is 0 Å². The molecule has 0 saturated carbocycles. The molecule has 0 bridgehead atoms. The molecule has 0 radical (unpaired) electrons. The van der Waals surface area contributed by atoms with E-state index in [0.717, 1.165) is 24.5 Å². The van der Waals surface area contributed by atoms with Crippen LogP contribution in [-0.4, -0.2) is 22.3 Å². The predicted octanol–water partition coefficient (Wildman–Crippen LogP) is 4.26. The smallest absolute Gasteiger partial charge is 0.133 e. The normalized spacial score (nSPS) is 19.7. The van der Waals surface area contributed by atoms with Gasteiger partial charge >= 0.3 is 0 Å². The zero-order valence-electron chi connectivity index (χ0n) is 14.3. The minimum absolute atomic E-state index is 0.249. The number of amidine groups is 1. The van der Waals surface area contributed by atoms with E-state index >= 15 is 0 Å². The van der Waals surface area contributed by atoms with Crippen molar-refractivity contribution >= 4 is 5.84 Å². The number of aromatic nitrogens is 1. The molecule has 0 saturated heterocycles. The summed E-state index contributed by atoms with van der Waals surface area (Å²) in [6.45, 7) is 3.91. The van der Waals surface area contributed by atoms with Crippen molar-refractivity contribution in [2.75, 3.05) is 6.54 Å². The molecule has 2 aromatic carbocycles. The highest BCUT2D eigenvalue weighted by Crippen LogP contribution is 2.34. The molecule has 1 unspecified atom stereocenters. The SMILES string of the molecule is CC1(c2ccccc2)CN(Cc2ccccc2)C(c2cccnc2)=N1. The Kier molecular flexibility index (Phi) is 4.06. The highest BCUT2D eigenvalue weighted by molar-refractivity contribution is 6.00. The second-order valence-corrected chi connectivity index (χ2v) is 6.66. The lowest BCUT2D eigenvalue weighted by atomic mass is 9.93. The summed E-state index contributed by atoms with van der Waals surface area (Å²) in [5.41, 5.74) is 3.35. The van der Waals surface area contributed by atoms with Crippen molar-refractivity contribution in [3.05, 3.63) is 102 Å². The molecular formula is C22H21N3. The summed E-state index contributed by atoms with van der Waals surface area (Å²) in [6.07, 6.45) is 3.70. The van der Waals surface area contributed by atoms with Crippen LogP contribution in [0.4, 0.5) is 0 Å². The van der Waals surface area contributed by atoms with Gasteiger partial charge in [0.1, 0.15) is 11.4 Å². The fourth-order valence-electron chi connectivity index (χ4n) is 3.42. The van der Waals surface area contributed by atoms with Gasteiger partial charge in [-0.25, -0.2) is 0 Å². The largest absolute Gasteiger partial charge is 0.349 e.